The number of benzene rings is 1. The molecule has 0 saturated heterocycles. The van der Waals surface area contributed by atoms with Crippen LogP contribution >= 0.6 is 0 Å². The number of Topliss-reactive ketones (excluding diaryl/α,β-unsaturated/α-hetero) is 1. The molecule has 0 bridgehead atoms. The fraction of sp³-hybridized carbons (Fsp3) is 0.820. The summed E-state index contributed by atoms with van der Waals surface area (Å²) in [5.74, 6) is 5.92. The highest BCUT2D eigenvalue weighted by Crippen LogP contribution is 2.49. The van der Waals surface area contributed by atoms with Gasteiger partial charge in [0.15, 0.2) is 0 Å². The Hall–Kier alpha value is -2.51. The second-order valence-electron chi connectivity index (χ2n) is 25.0. The van der Waals surface area contributed by atoms with Gasteiger partial charge in [-0.2, -0.15) is 0 Å². The Balaban J connectivity index is 0.735. The lowest BCUT2D eigenvalue weighted by Gasteiger charge is -2.42. The Bertz CT molecular complexity index is 2120. The number of nitrogens with zero attached hydrogens (tertiary/aromatic N) is 4. The third-order valence-electron chi connectivity index (χ3n) is 20.4. The number of carbonyl (C=O) groups is 1. The minimum Gasteiger partial charge on any atom is -0.375 e. The summed E-state index contributed by atoms with van der Waals surface area (Å²) in [4.78, 5) is 36.9. The molecule has 8 fully saturated rings. The summed E-state index contributed by atoms with van der Waals surface area (Å²) in [5, 5.41) is 0. The Labute approximate surface area is 411 Å². The van der Waals surface area contributed by atoms with Gasteiger partial charge in [0.25, 0.3) is 0 Å². The maximum absolute atomic E-state index is 14.4. The highest BCUT2D eigenvalue weighted by Gasteiger charge is 2.42. The van der Waals surface area contributed by atoms with E-state index in [0.717, 1.165) is 91.7 Å². The minimum absolute atomic E-state index is 0.241. The van der Waals surface area contributed by atoms with Gasteiger partial charge < -0.3 is 9.47 Å². The fourth-order valence-corrected chi connectivity index (χ4v) is 16.0. The van der Waals surface area contributed by atoms with Gasteiger partial charge in [-0.3, -0.25) is 4.79 Å². The molecule has 8 aliphatic rings. The van der Waals surface area contributed by atoms with Crippen molar-refractivity contribution < 1.29 is 14.3 Å². The summed E-state index contributed by atoms with van der Waals surface area (Å²) >= 11 is 0. The number of ketones is 1. The van der Waals surface area contributed by atoms with Crippen molar-refractivity contribution in [3.05, 3.63) is 34.9 Å². The molecule has 2 aromatic heterocycles. The first-order valence-electron chi connectivity index (χ1n) is 29.8. The smallest absolute Gasteiger partial charge is 0.139 e. The van der Waals surface area contributed by atoms with Crippen LogP contribution in [0.3, 0.4) is 0 Å². The van der Waals surface area contributed by atoms with Crippen LogP contribution in [-0.2, 0) is 14.3 Å². The van der Waals surface area contributed by atoms with E-state index in [4.69, 9.17) is 29.4 Å². The maximum atomic E-state index is 14.4. The predicted molar refractivity (Wildman–Crippen MR) is 275 cm³/mol. The van der Waals surface area contributed by atoms with Crippen molar-refractivity contribution in [1.82, 2.24) is 19.9 Å². The summed E-state index contributed by atoms with van der Waals surface area (Å²) in [5.41, 5.74) is 9.41. The molecule has 8 aliphatic carbocycles. The highest BCUT2D eigenvalue weighted by molar-refractivity contribution is 5.91. The molecule has 11 rings (SSSR count). The van der Waals surface area contributed by atoms with Gasteiger partial charge in [-0.15, -0.1) is 0 Å². The maximum Gasteiger partial charge on any atom is 0.139 e. The van der Waals surface area contributed by atoms with E-state index in [1.165, 1.54) is 183 Å². The first-order chi connectivity index (χ1) is 33.4. The van der Waals surface area contributed by atoms with Gasteiger partial charge in [-0.05, 0) is 183 Å². The van der Waals surface area contributed by atoms with E-state index in [2.05, 4.69) is 26.0 Å². The fourth-order valence-electron chi connectivity index (χ4n) is 16.0. The molecule has 0 spiro atoms. The molecule has 372 valence electrons. The van der Waals surface area contributed by atoms with Crippen LogP contribution in [0.4, 0.5) is 0 Å². The molecular formula is C61H90N4O3. The number of aromatic nitrogens is 4. The average molecular weight is 927 g/mol. The van der Waals surface area contributed by atoms with Gasteiger partial charge in [0.1, 0.15) is 5.78 Å². The average Bonchev–Trinajstić information content (AvgIpc) is 3.39. The zero-order valence-electron chi connectivity index (χ0n) is 42.8. The van der Waals surface area contributed by atoms with Crippen molar-refractivity contribution in [2.24, 2.45) is 35.5 Å². The molecule has 0 aliphatic heterocycles. The lowest BCUT2D eigenvalue weighted by atomic mass is 9.63. The standard InChI is InChI=1S/C61H90N4O3/c1-39-18-21-44(22-19-39)59-57(42-12-6-3-7-13-42)62-53-37-54-56(38-55(53)64-59)65-60(58(63-54)43-14-8-4-9-15-43)45-26-24-41(25-27-45)47-23-20-40(2)52(36-47)61(66)46-28-30-49(31-29-46)68-51-34-32-50(33-35-51)67-48-16-10-5-11-17-48/h37-52H,3-36H2,1-2H3. The number of carbonyl (C=O) groups excluding carboxylic acids is 1. The monoisotopic (exact) mass is 927 g/mol. The van der Waals surface area contributed by atoms with E-state index in [9.17, 15) is 4.79 Å². The van der Waals surface area contributed by atoms with Crippen molar-refractivity contribution in [2.75, 3.05) is 0 Å². The summed E-state index contributed by atoms with van der Waals surface area (Å²) in [6.07, 6.45) is 43.7. The zero-order chi connectivity index (χ0) is 46.0. The summed E-state index contributed by atoms with van der Waals surface area (Å²) < 4.78 is 13.3. The van der Waals surface area contributed by atoms with Crippen LogP contribution in [0, 0.1) is 35.5 Å². The Morgan fingerprint density at radius 1 is 0.397 bits per heavy atom. The largest absolute Gasteiger partial charge is 0.375 e. The molecule has 8 saturated carbocycles. The van der Waals surface area contributed by atoms with Crippen molar-refractivity contribution in [3.8, 4) is 0 Å². The zero-order valence-corrected chi connectivity index (χ0v) is 42.8. The molecular weight excluding hydrogens is 837 g/mol. The van der Waals surface area contributed by atoms with Crippen LogP contribution in [0.15, 0.2) is 12.1 Å². The quantitative estimate of drug-likeness (QED) is 0.177. The summed E-state index contributed by atoms with van der Waals surface area (Å²) in [6, 6.07) is 4.56. The van der Waals surface area contributed by atoms with Crippen molar-refractivity contribution in [2.45, 2.75) is 280 Å². The highest BCUT2D eigenvalue weighted by atomic mass is 16.5. The van der Waals surface area contributed by atoms with Gasteiger partial charge in [0.2, 0.25) is 0 Å². The van der Waals surface area contributed by atoms with Crippen LogP contribution < -0.4 is 0 Å². The Kier molecular flexibility index (Phi) is 15.5. The van der Waals surface area contributed by atoms with Gasteiger partial charge in [-0.1, -0.05) is 84.5 Å². The second kappa shape index (κ2) is 22.1. The van der Waals surface area contributed by atoms with E-state index >= 15 is 0 Å². The van der Waals surface area contributed by atoms with Crippen molar-refractivity contribution in [1.29, 1.82) is 0 Å². The summed E-state index contributed by atoms with van der Waals surface area (Å²) in [7, 11) is 0. The van der Waals surface area contributed by atoms with Gasteiger partial charge in [0.05, 0.1) is 69.3 Å². The summed E-state index contributed by atoms with van der Waals surface area (Å²) in [6.45, 7) is 4.82. The molecule has 7 heteroatoms. The van der Waals surface area contributed by atoms with Crippen LogP contribution in [0.2, 0.25) is 0 Å². The molecule has 0 amide bonds. The SMILES string of the molecule is CC1CCC(c2nc3cc4nc(C5CCC(C6CCC(C)C(C(=O)C7CCC(OC8CCC(OC9CCCCC9)CC8)CC7)C6)CC5)c(C5CCCCC5)nc4cc3nc2C2CCCCC2)CC1. The van der Waals surface area contributed by atoms with Crippen LogP contribution in [-0.4, -0.2) is 50.1 Å². The van der Waals surface area contributed by atoms with Crippen LogP contribution in [0.5, 0.6) is 0 Å². The van der Waals surface area contributed by atoms with E-state index in [-0.39, 0.29) is 11.8 Å². The van der Waals surface area contributed by atoms with Crippen molar-refractivity contribution >= 4 is 27.9 Å². The Morgan fingerprint density at radius 2 is 0.765 bits per heavy atom. The second-order valence-corrected chi connectivity index (χ2v) is 25.0. The number of ether oxygens (including phenoxy) is 2. The van der Waals surface area contributed by atoms with Crippen LogP contribution in [0.1, 0.15) is 279 Å². The van der Waals surface area contributed by atoms with Gasteiger partial charge in [-0.25, -0.2) is 19.9 Å². The third kappa shape index (κ3) is 10.9. The van der Waals surface area contributed by atoms with E-state index < -0.39 is 0 Å². The van der Waals surface area contributed by atoms with Crippen molar-refractivity contribution in [3.63, 3.8) is 0 Å². The topological polar surface area (TPSA) is 87.1 Å². The first kappa shape index (κ1) is 47.8. The van der Waals surface area contributed by atoms with Crippen LogP contribution in [0.25, 0.3) is 22.1 Å². The molecule has 7 nitrogen and oxygen atoms in total. The number of hydrogen-bond acceptors (Lipinski definition) is 7. The molecule has 3 aromatic rings. The molecule has 0 radical (unpaired) electrons. The van der Waals surface area contributed by atoms with E-state index in [1.54, 1.807) is 0 Å². The van der Waals surface area contributed by atoms with Gasteiger partial charge >= 0.3 is 0 Å². The number of fused-ring (bicyclic) bond motifs is 2. The molecule has 2 heterocycles. The first-order valence-corrected chi connectivity index (χ1v) is 29.8. The molecule has 3 atom stereocenters. The van der Waals surface area contributed by atoms with E-state index in [0.29, 0.717) is 65.7 Å². The number of rotatable bonds is 11. The minimum atomic E-state index is 0.241. The molecule has 68 heavy (non-hydrogen) atoms. The normalized spacial score (nSPS) is 35.4. The molecule has 1 aromatic carbocycles. The number of hydrogen-bond donors (Lipinski definition) is 0. The van der Waals surface area contributed by atoms with Gasteiger partial charge in [0, 0.05) is 35.5 Å². The predicted octanol–water partition coefficient (Wildman–Crippen LogP) is 16.1. The molecule has 3 unspecified atom stereocenters. The third-order valence-corrected chi connectivity index (χ3v) is 20.4. The lowest BCUT2D eigenvalue weighted by molar-refractivity contribution is -0.134. The lowest BCUT2D eigenvalue weighted by Crippen LogP contribution is -2.39. The Morgan fingerprint density at radius 3 is 1.22 bits per heavy atom. The van der Waals surface area contributed by atoms with E-state index in [1.807, 2.05) is 0 Å². The molecule has 0 N–H and O–H groups in total.